The van der Waals surface area contributed by atoms with Crippen molar-refractivity contribution in [1.82, 2.24) is 0 Å². The first-order chi connectivity index (χ1) is 8.57. The van der Waals surface area contributed by atoms with Gasteiger partial charge < -0.3 is 10.2 Å². The largest absolute Gasteiger partial charge is 0.481 e. The number of allylic oxidation sites excluding steroid dienone is 1. The molecule has 2 N–H and O–H groups in total. The lowest BCUT2D eigenvalue weighted by atomic mass is 10.0. The summed E-state index contributed by atoms with van der Waals surface area (Å²) >= 11 is 0. The topological polar surface area (TPSA) is 74.6 Å². The molecule has 0 aliphatic carbocycles. The molecule has 0 aliphatic rings. The molecule has 0 rings (SSSR count). The van der Waals surface area contributed by atoms with Gasteiger partial charge in [-0.05, 0) is 25.7 Å². The number of hydrogen-bond donors (Lipinski definition) is 2. The summed E-state index contributed by atoms with van der Waals surface area (Å²) in [5.74, 6) is -2.29. The molecule has 0 spiro atoms. The van der Waals surface area contributed by atoms with Crippen LogP contribution in [-0.2, 0) is 9.59 Å². The summed E-state index contributed by atoms with van der Waals surface area (Å²) in [5, 5.41) is 17.5. The number of carbonyl (C=O) groups is 2. The van der Waals surface area contributed by atoms with E-state index in [9.17, 15) is 9.59 Å². The van der Waals surface area contributed by atoms with Gasteiger partial charge in [0.25, 0.3) is 0 Å². The van der Waals surface area contributed by atoms with Crippen LogP contribution < -0.4 is 0 Å². The van der Waals surface area contributed by atoms with Gasteiger partial charge in [-0.1, -0.05) is 38.3 Å². The van der Waals surface area contributed by atoms with Gasteiger partial charge in [-0.25, -0.2) is 0 Å². The molecule has 4 heteroatoms. The number of carboxylic acid groups (broad SMARTS) is 2. The maximum absolute atomic E-state index is 10.9. The zero-order valence-corrected chi connectivity index (χ0v) is 11.1. The second kappa shape index (κ2) is 10.8. The molecule has 104 valence electrons. The van der Waals surface area contributed by atoms with Crippen LogP contribution in [0.15, 0.2) is 12.2 Å². The summed E-state index contributed by atoms with van der Waals surface area (Å²) in [6, 6.07) is 0. The van der Waals surface area contributed by atoms with Gasteiger partial charge in [0, 0.05) is 6.42 Å². The molecule has 0 heterocycles. The molecule has 4 nitrogen and oxygen atoms in total. The van der Waals surface area contributed by atoms with Gasteiger partial charge in [-0.2, -0.15) is 0 Å². The first-order valence-corrected chi connectivity index (χ1v) is 6.69. The van der Waals surface area contributed by atoms with Gasteiger partial charge in [0.1, 0.15) is 0 Å². The second-order valence-electron chi connectivity index (χ2n) is 4.51. The van der Waals surface area contributed by atoms with Crippen LogP contribution in [0.25, 0.3) is 0 Å². The monoisotopic (exact) mass is 256 g/mol. The summed E-state index contributed by atoms with van der Waals surface area (Å²) in [6.07, 6.45) is 10.0. The molecule has 0 amide bonds. The number of carboxylic acids is 2. The Balaban J connectivity index is 3.84. The summed E-state index contributed by atoms with van der Waals surface area (Å²) in [5.41, 5.74) is 0. The lowest BCUT2D eigenvalue weighted by molar-refractivity contribution is -0.141. The molecule has 0 saturated carbocycles. The average Bonchev–Trinajstić information content (AvgIpc) is 2.30. The van der Waals surface area contributed by atoms with Crippen LogP contribution in [0, 0.1) is 5.92 Å². The van der Waals surface area contributed by atoms with Crippen LogP contribution in [0.1, 0.15) is 58.3 Å². The van der Waals surface area contributed by atoms with E-state index in [1.54, 1.807) is 6.08 Å². The fourth-order valence-electron chi connectivity index (χ4n) is 1.72. The quantitative estimate of drug-likeness (QED) is 0.438. The molecule has 0 fully saturated rings. The Bertz CT molecular complexity index is 271. The Morgan fingerprint density at radius 3 is 2.39 bits per heavy atom. The second-order valence-corrected chi connectivity index (χ2v) is 4.51. The van der Waals surface area contributed by atoms with E-state index in [-0.39, 0.29) is 6.42 Å². The van der Waals surface area contributed by atoms with Crippen molar-refractivity contribution in [2.45, 2.75) is 58.3 Å². The first-order valence-electron chi connectivity index (χ1n) is 6.69. The van der Waals surface area contributed by atoms with Crippen LogP contribution in [0.4, 0.5) is 0 Å². The molecule has 0 aromatic heterocycles. The highest BCUT2D eigenvalue weighted by atomic mass is 16.4. The zero-order chi connectivity index (χ0) is 13.8. The van der Waals surface area contributed by atoms with Crippen molar-refractivity contribution in [3.8, 4) is 0 Å². The maximum Gasteiger partial charge on any atom is 0.310 e. The van der Waals surface area contributed by atoms with Crippen molar-refractivity contribution in [3.05, 3.63) is 12.2 Å². The summed E-state index contributed by atoms with van der Waals surface area (Å²) in [6.45, 7) is 2.15. The van der Waals surface area contributed by atoms with Gasteiger partial charge in [0.05, 0.1) is 5.92 Å². The van der Waals surface area contributed by atoms with Crippen LogP contribution in [0.5, 0.6) is 0 Å². The number of rotatable bonds is 11. The van der Waals surface area contributed by atoms with E-state index >= 15 is 0 Å². The van der Waals surface area contributed by atoms with E-state index in [1.807, 2.05) is 6.08 Å². The molecule has 0 aromatic rings. The molecule has 18 heavy (non-hydrogen) atoms. The van der Waals surface area contributed by atoms with E-state index < -0.39 is 17.9 Å². The smallest absolute Gasteiger partial charge is 0.310 e. The highest BCUT2D eigenvalue weighted by Crippen LogP contribution is 2.12. The molecule has 1 unspecified atom stereocenters. The van der Waals surface area contributed by atoms with Crippen LogP contribution >= 0.6 is 0 Å². The van der Waals surface area contributed by atoms with Crippen molar-refractivity contribution in [2.24, 2.45) is 5.92 Å². The Kier molecular flexibility index (Phi) is 10.0. The zero-order valence-electron chi connectivity index (χ0n) is 11.1. The van der Waals surface area contributed by atoms with E-state index in [1.165, 1.54) is 19.3 Å². The Labute approximate surface area is 109 Å². The van der Waals surface area contributed by atoms with Crippen molar-refractivity contribution in [2.75, 3.05) is 0 Å². The molecule has 0 radical (unpaired) electrons. The van der Waals surface area contributed by atoms with Crippen LogP contribution in [0.2, 0.25) is 0 Å². The van der Waals surface area contributed by atoms with E-state index in [2.05, 4.69) is 6.92 Å². The van der Waals surface area contributed by atoms with Crippen molar-refractivity contribution < 1.29 is 19.8 Å². The number of hydrogen-bond acceptors (Lipinski definition) is 2. The normalized spacial score (nSPS) is 12.7. The molecular formula is C14H24O4. The van der Waals surface area contributed by atoms with E-state index in [0.29, 0.717) is 12.8 Å². The third-order valence-corrected chi connectivity index (χ3v) is 2.82. The molecule has 0 bridgehead atoms. The summed E-state index contributed by atoms with van der Waals surface area (Å²) in [7, 11) is 0. The minimum atomic E-state index is -0.873. The fraction of sp³-hybridized carbons (Fsp3) is 0.714. The minimum Gasteiger partial charge on any atom is -0.481 e. The van der Waals surface area contributed by atoms with E-state index in [0.717, 1.165) is 12.8 Å². The standard InChI is InChI=1S/C14H24O4/c1-2-3-4-5-6-7-9-12(14(17)18)10-8-11-13(15)16/h7,9,12H,2-6,8,10-11H2,1H3,(H,15,16)(H,17,18)/b9-7+. The molecular weight excluding hydrogens is 232 g/mol. The number of aliphatic carboxylic acids is 2. The van der Waals surface area contributed by atoms with Crippen molar-refractivity contribution in [1.29, 1.82) is 0 Å². The predicted molar refractivity (Wildman–Crippen MR) is 70.5 cm³/mol. The van der Waals surface area contributed by atoms with Gasteiger partial charge >= 0.3 is 11.9 Å². The highest BCUT2D eigenvalue weighted by Gasteiger charge is 2.13. The van der Waals surface area contributed by atoms with Gasteiger partial charge in [-0.3, -0.25) is 9.59 Å². The van der Waals surface area contributed by atoms with Crippen LogP contribution in [0.3, 0.4) is 0 Å². The lowest BCUT2D eigenvalue weighted by Crippen LogP contribution is -2.11. The highest BCUT2D eigenvalue weighted by molar-refractivity contribution is 5.72. The predicted octanol–water partition coefficient (Wildman–Crippen LogP) is 3.47. The third kappa shape index (κ3) is 9.87. The van der Waals surface area contributed by atoms with Gasteiger partial charge in [-0.15, -0.1) is 0 Å². The molecule has 0 aromatic carbocycles. The maximum atomic E-state index is 10.9. The first kappa shape index (κ1) is 16.7. The van der Waals surface area contributed by atoms with Gasteiger partial charge in [0.2, 0.25) is 0 Å². The van der Waals surface area contributed by atoms with Crippen molar-refractivity contribution in [3.63, 3.8) is 0 Å². The summed E-state index contributed by atoms with van der Waals surface area (Å²) in [4.78, 5) is 21.3. The Hall–Kier alpha value is -1.32. The Morgan fingerprint density at radius 2 is 1.83 bits per heavy atom. The number of unbranched alkanes of at least 4 members (excludes halogenated alkanes) is 4. The van der Waals surface area contributed by atoms with Crippen molar-refractivity contribution >= 4 is 11.9 Å². The average molecular weight is 256 g/mol. The molecule has 0 saturated heterocycles. The summed E-state index contributed by atoms with van der Waals surface area (Å²) < 4.78 is 0. The van der Waals surface area contributed by atoms with E-state index in [4.69, 9.17) is 10.2 Å². The fourth-order valence-corrected chi connectivity index (χ4v) is 1.72. The molecule has 1 atom stereocenters. The molecule has 0 aliphatic heterocycles. The van der Waals surface area contributed by atoms with Crippen LogP contribution in [-0.4, -0.2) is 22.2 Å². The lowest BCUT2D eigenvalue weighted by Gasteiger charge is -2.06. The third-order valence-electron chi connectivity index (χ3n) is 2.82. The minimum absolute atomic E-state index is 0.0358. The van der Waals surface area contributed by atoms with Gasteiger partial charge in [0.15, 0.2) is 0 Å². The Morgan fingerprint density at radius 1 is 1.11 bits per heavy atom. The SMILES string of the molecule is CCCCCC/C=C/C(CCCC(=O)O)C(=O)O.